The predicted molar refractivity (Wildman–Crippen MR) is 86.2 cm³/mol. The molecule has 0 bridgehead atoms. The normalized spacial score (nSPS) is 14.8. The molecule has 2 rings (SSSR count). The Balaban J connectivity index is 1.96. The minimum absolute atomic E-state index is 0.0332. The Morgan fingerprint density at radius 3 is 2.68 bits per heavy atom. The molecular weight excluding hydrogens is 304 g/mol. The van der Waals surface area contributed by atoms with Gasteiger partial charge in [0.1, 0.15) is 0 Å². The Bertz CT molecular complexity index is 542. The number of methoxy groups -OCH3 is 1. The van der Waals surface area contributed by atoms with Gasteiger partial charge in [-0.15, -0.1) is 0 Å². The van der Waals surface area contributed by atoms with Gasteiger partial charge in [-0.25, -0.2) is 0 Å². The molecule has 0 radical (unpaired) electrons. The number of hydrogen-bond acceptors (Lipinski definition) is 3. The number of hydrogen-bond donors (Lipinski definition) is 2. The van der Waals surface area contributed by atoms with Gasteiger partial charge in [-0.1, -0.05) is 24.4 Å². The van der Waals surface area contributed by atoms with Gasteiger partial charge in [0.25, 0.3) is 5.91 Å². The zero-order valence-corrected chi connectivity index (χ0v) is 13.4. The van der Waals surface area contributed by atoms with E-state index in [0.29, 0.717) is 29.4 Å². The molecule has 2 N–H and O–H groups in total. The molecule has 22 heavy (non-hydrogen) atoms. The number of halogens is 1. The molecule has 6 heteroatoms. The first-order valence-corrected chi connectivity index (χ1v) is 7.87. The van der Waals surface area contributed by atoms with E-state index >= 15 is 0 Å². The molecule has 1 aromatic carbocycles. The van der Waals surface area contributed by atoms with Crippen LogP contribution in [-0.4, -0.2) is 32.1 Å². The molecule has 0 saturated heterocycles. The largest absolute Gasteiger partial charge is 0.383 e. The second-order valence-electron chi connectivity index (χ2n) is 5.41. The minimum atomic E-state index is -0.254. The summed E-state index contributed by atoms with van der Waals surface area (Å²) in [6, 6.07) is 4.93. The summed E-state index contributed by atoms with van der Waals surface area (Å²) in [5, 5.41) is 5.90. The molecule has 1 aliphatic rings. The molecule has 1 fully saturated rings. The summed E-state index contributed by atoms with van der Waals surface area (Å²) >= 11 is 6.14. The summed E-state index contributed by atoms with van der Waals surface area (Å²) in [6.45, 7) is 0.866. The number of benzene rings is 1. The van der Waals surface area contributed by atoms with Crippen LogP contribution in [0.5, 0.6) is 0 Å². The third kappa shape index (κ3) is 4.45. The lowest BCUT2D eigenvalue weighted by Gasteiger charge is -2.12. The standard InChI is InChI=1S/C16H21ClN2O3/c1-22-9-8-18-16(21)13-7-6-12(10-14(13)17)19-15(20)11-4-2-3-5-11/h6-7,10-11H,2-5,8-9H2,1H3,(H,18,21)(H,19,20). The molecule has 1 aliphatic carbocycles. The number of anilines is 1. The summed E-state index contributed by atoms with van der Waals surface area (Å²) < 4.78 is 4.87. The van der Waals surface area contributed by atoms with E-state index in [9.17, 15) is 9.59 Å². The number of carbonyl (C=O) groups excluding carboxylic acids is 2. The highest BCUT2D eigenvalue weighted by molar-refractivity contribution is 6.34. The third-order valence-corrected chi connectivity index (χ3v) is 4.11. The number of nitrogens with one attached hydrogen (secondary N) is 2. The van der Waals surface area contributed by atoms with Crippen LogP contribution in [0.3, 0.4) is 0 Å². The summed E-state index contributed by atoms with van der Waals surface area (Å²) in [4.78, 5) is 24.0. The Labute approximate surface area is 135 Å². The van der Waals surface area contributed by atoms with Gasteiger partial charge in [-0.3, -0.25) is 9.59 Å². The van der Waals surface area contributed by atoms with Crippen LogP contribution in [0.25, 0.3) is 0 Å². The molecule has 0 aromatic heterocycles. The highest BCUT2D eigenvalue weighted by Gasteiger charge is 2.22. The van der Waals surface area contributed by atoms with Gasteiger partial charge in [-0.05, 0) is 31.0 Å². The fourth-order valence-corrected chi connectivity index (χ4v) is 2.84. The Hall–Kier alpha value is -1.59. The summed E-state index contributed by atoms with van der Waals surface area (Å²) in [7, 11) is 1.57. The van der Waals surface area contributed by atoms with E-state index in [1.54, 1.807) is 25.3 Å². The molecule has 0 heterocycles. The molecule has 5 nitrogen and oxygen atoms in total. The van der Waals surface area contributed by atoms with Crippen LogP contribution in [-0.2, 0) is 9.53 Å². The van der Waals surface area contributed by atoms with Crippen LogP contribution in [0.2, 0.25) is 5.02 Å². The maximum absolute atomic E-state index is 12.1. The van der Waals surface area contributed by atoms with Crippen molar-refractivity contribution in [1.29, 1.82) is 0 Å². The van der Waals surface area contributed by atoms with E-state index in [1.807, 2.05) is 0 Å². The van der Waals surface area contributed by atoms with Gasteiger partial charge in [0.2, 0.25) is 5.91 Å². The summed E-state index contributed by atoms with van der Waals surface area (Å²) in [5.41, 5.74) is 1.01. The van der Waals surface area contributed by atoms with E-state index < -0.39 is 0 Å². The first kappa shape index (κ1) is 16.8. The number of carbonyl (C=O) groups is 2. The van der Waals surface area contributed by atoms with Crippen LogP contribution in [0.1, 0.15) is 36.0 Å². The molecule has 0 atom stereocenters. The molecule has 1 aromatic rings. The fourth-order valence-electron chi connectivity index (χ4n) is 2.57. The van der Waals surface area contributed by atoms with Crippen molar-refractivity contribution >= 4 is 29.1 Å². The van der Waals surface area contributed by atoms with Gasteiger partial charge in [0.15, 0.2) is 0 Å². The van der Waals surface area contributed by atoms with Crippen LogP contribution in [0.15, 0.2) is 18.2 Å². The lowest BCUT2D eigenvalue weighted by atomic mass is 10.1. The Morgan fingerprint density at radius 2 is 2.05 bits per heavy atom. The maximum Gasteiger partial charge on any atom is 0.252 e. The zero-order valence-electron chi connectivity index (χ0n) is 12.7. The van der Waals surface area contributed by atoms with Crippen LogP contribution in [0, 0.1) is 5.92 Å². The second-order valence-corrected chi connectivity index (χ2v) is 5.82. The predicted octanol–water partition coefficient (Wildman–Crippen LogP) is 2.84. The van der Waals surface area contributed by atoms with Gasteiger partial charge >= 0.3 is 0 Å². The van der Waals surface area contributed by atoms with E-state index in [2.05, 4.69) is 10.6 Å². The maximum atomic E-state index is 12.1. The SMILES string of the molecule is COCCNC(=O)c1ccc(NC(=O)C2CCCC2)cc1Cl. The lowest BCUT2D eigenvalue weighted by Crippen LogP contribution is -2.27. The van der Waals surface area contributed by atoms with Gasteiger partial charge in [-0.2, -0.15) is 0 Å². The highest BCUT2D eigenvalue weighted by atomic mass is 35.5. The van der Waals surface area contributed by atoms with Crippen molar-refractivity contribution in [2.45, 2.75) is 25.7 Å². The Kier molecular flexibility index (Phi) is 6.21. The van der Waals surface area contributed by atoms with Crippen molar-refractivity contribution in [3.05, 3.63) is 28.8 Å². The average Bonchev–Trinajstić information content (AvgIpc) is 3.01. The van der Waals surface area contributed by atoms with Crippen molar-refractivity contribution in [1.82, 2.24) is 5.32 Å². The van der Waals surface area contributed by atoms with Crippen LogP contribution >= 0.6 is 11.6 Å². The number of amides is 2. The van der Waals surface area contributed by atoms with Crippen LogP contribution < -0.4 is 10.6 Å². The first-order chi connectivity index (χ1) is 10.6. The van der Waals surface area contributed by atoms with Gasteiger partial charge in [0.05, 0.1) is 17.2 Å². The smallest absolute Gasteiger partial charge is 0.252 e. The van der Waals surface area contributed by atoms with E-state index in [4.69, 9.17) is 16.3 Å². The van der Waals surface area contributed by atoms with E-state index in [-0.39, 0.29) is 17.7 Å². The number of rotatable bonds is 6. The number of ether oxygens (including phenoxy) is 1. The van der Waals surface area contributed by atoms with Crippen molar-refractivity contribution in [2.75, 3.05) is 25.6 Å². The summed E-state index contributed by atoms with van der Waals surface area (Å²) in [5.74, 6) is -0.127. The summed E-state index contributed by atoms with van der Waals surface area (Å²) in [6.07, 6.45) is 4.11. The van der Waals surface area contributed by atoms with Crippen molar-refractivity contribution in [3.8, 4) is 0 Å². The third-order valence-electron chi connectivity index (χ3n) is 3.80. The average molecular weight is 325 g/mol. The topological polar surface area (TPSA) is 67.4 Å². The van der Waals surface area contributed by atoms with E-state index in [1.165, 1.54) is 0 Å². The minimum Gasteiger partial charge on any atom is -0.383 e. The lowest BCUT2D eigenvalue weighted by molar-refractivity contribution is -0.119. The van der Waals surface area contributed by atoms with Crippen molar-refractivity contribution in [3.63, 3.8) is 0 Å². The quantitative estimate of drug-likeness (QED) is 0.791. The van der Waals surface area contributed by atoms with Gasteiger partial charge < -0.3 is 15.4 Å². The molecule has 0 spiro atoms. The first-order valence-electron chi connectivity index (χ1n) is 7.49. The molecule has 2 amide bonds. The van der Waals surface area contributed by atoms with E-state index in [0.717, 1.165) is 25.7 Å². The molecule has 1 saturated carbocycles. The molecule has 0 unspecified atom stereocenters. The molecule has 0 aliphatic heterocycles. The monoisotopic (exact) mass is 324 g/mol. The van der Waals surface area contributed by atoms with Crippen LogP contribution in [0.4, 0.5) is 5.69 Å². The highest BCUT2D eigenvalue weighted by Crippen LogP contribution is 2.27. The molecular formula is C16H21ClN2O3. The van der Waals surface area contributed by atoms with Crippen molar-refractivity contribution < 1.29 is 14.3 Å². The Morgan fingerprint density at radius 1 is 1.32 bits per heavy atom. The van der Waals surface area contributed by atoms with Crippen molar-refractivity contribution in [2.24, 2.45) is 5.92 Å². The molecule has 120 valence electrons. The fraction of sp³-hybridized carbons (Fsp3) is 0.500. The van der Waals surface area contributed by atoms with Gasteiger partial charge in [0, 0.05) is 25.3 Å². The second kappa shape index (κ2) is 8.15. The zero-order chi connectivity index (χ0) is 15.9.